The van der Waals surface area contributed by atoms with Crippen molar-refractivity contribution in [2.45, 2.75) is 316 Å². The van der Waals surface area contributed by atoms with Crippen LogP contribution in [-0.2, 0) is 65.4 Å². The lowest BCUT2D eigenvalue weighted by atomic mass is 10.0. The van der Waals surface area contributed by atoms with E-state index < -0.39 is 97.5 Å². The second kappa shape index (κ2) is 77.6. The molecule has 602 valence electrons. The fraction of sp³-hybridized carbons (Fsp3) is 0.632. The van der Waals surface area contributed by atoms with E-state index >= 15 is 0 Å². The van der Waals surface area contributed by atoms with Gasteiger partial charge in [-0.25, -0.2) is 9.13 Å². The van der Waals surface area contributed by atoms with Gasteiger partial charge in [0.15, 0.2) is 12.2 Å². The van der Waals surface area contributed by atoms with Gasteiger partial charge in [0.1, 0.15) is 19.3 Å². The molecule has 0 saturated heterocycles. The van der Waals surface area contributed by atoms with Crippen molar-refractivity contribution in [3.63, 3.8) is 0 Å². The number of unbranched alkanes of at least 4 members (excludes halogenated alkanes) is 20. The molecule has 0 aromatic carbocycles. The molecule has 0 aliphatic rings. The molecular formula is C87H142O17P2. The summed E-state index contributed by atoms with van der Waals surface area (Å²) >= 11 is 0. The molecule has 0 fully saturated rings. The molecule has 0 radical (unpaired) electrons. The van der Waals surface area contributed by atoms with Crippen molar-refractivity contribution < 1.29 is 80.2 Å². The molecule has 0 heterocycles. The average Bonchev–Trinajstić information content (AvgIpc) is 0.903. The standard InChI is InChI=1S/C87H142O17P2/c1-5-9-13-17-21-25-29-33-36-39-40-43-44-48-52-56-60-64-68-72-85(90)98-78-83(104-87(92)74-70-66-62-58-54-50-46-42-38-35-31-27-23-19-15-11-7-3)80-102-106(95,96)100-76-81(88)75-99-105(93,94)101-79-82(77-97-84(89)71-67-63-59-55-51-47-32-28-24-20-16-12-8-4)103-86(91)73-69-65-61-57-53-49-45-41-37-34-30-26-22-18-14-10-6-2/h9,13,21-23,25-27,33-38,40,43,45-46,48-50,52,57-58,60-62,64,81-83,88H,5-8,10-12,14-20,24,28-32,39,41-42,44,47,51,53-56,59,63,65-80H2,1-4H3,(H,93,94)(H,95,96)/b13-9-,25-21-,26-22-,27-23-,36-33-,37-34-,38-35-,43-40-,49-45-,50-46-,52-48-,61-57-,62-58-,64-60-/t81-,82+,83+/m0/s1. The Balaban J connectivity index is 5.54. The minimum Gasteiger partial charge on any atom is -0.462 e. The second-order valence-corrected chi connectivity index (χ2v) is 29.2. The van der Waals surface area contributed by atoms with Crippen molar-refractivity contribution in [2.24, 2.45) is 0 Å². The zero-order chi connectivity index (χ0) is 77.4. The van der Waals surface area contributed by atoms with Gasteiger partial charge in [0.05, 0.1) is 26.4 Å². The Bertz CT molecular complexity index is 2680. The molecule has 0 rings (SSSR count). The summed E-state index contributed by atoms with van der Waals surface area (Å²) in [5, 5.41) is 10.6. The Morgan fingerprint density at radius 2 is 0.519 bits per heavy atom. The fourth-order valence-corrected chi connectivity index (χ4v) is 11.6. The molecule has 106 heavy (non-hydrogen) atoms. The van der Waals surface area contributed by atoms with Gasteiger partial charge in [0.25, 0.3) is 0 Å². The van der Waals surface area contributed by atoms with Gasteiger partial charge in [-0.15, -0.1) is 0 Å². The molecule has 3 N–H and O–H groups in total. The van der Waals surface area contributed by atoms with E-state index in [4.69, 9.17) is 37.0 Å². The first kappa shape index (κ1) is 100. The summed E-state index contributed by atoms with van der Waals surface area (Å²) in [6.07, 6.45) is 92.2. The van der Waals surface area contributed by atoms with E-state index in [2.05, 4.69) is 155 Å². The number of phosphoric acid groups is 2. The van der Waals surface area contributed by atoms with Crippen molar-refractivity contribution in [3.05, 3.63) is 170 Å². The van der Waals surface area contributed by atoms with Gasteiger partial charge in [0.2, 0.25) is 0 Å². The topological polar surface area (TPSA) is 237 Å². The SMILES string of the molecule is CC/C=C\C/C=C\C/C=C\C/C=C\C/C=C\C/C=C\CCC(=O)OC[C@H](COP(=O)(O)OC[C@@H](O)COP(=O)(O)OC[C@@H](COC(=O)CCCCCCCCCCCCCCC)OC(=O)CCC/C=C\C/C=C\C/C=C\C/C=C\CCCCC)OC(=O)CCC/C=C\C/C=C\C/C=C\C/C=C\CCCCC. The number of hydrogen-bond donors (Lipinski definition) is 3. The molecule has 0 bridgehead atoms. The van der Waals surface area contributed by atoms with Crippen LogP contribution in [0.2, 0.25) is 0 Å². The van der Waals surface area contributed by atoms with Gasteiger partial charge in [-0.3, -0.25) is 37.3 Å². The number of esters is 4. The van der Waals surface area contributed by atoms with Gasteiger partial charge in [-0.05, 0) is 141 Å². The Kier molecular flexibility index (Phi) is 73.5. The third-order valence-corrected chi connectivity index (χ3v) is 18.1. The van der Waals surface area contributed by atoms with Crippen molar-refractivity contribution in [2.75, 3.05) is 39.6 Å². The van der Waals surface area contributed by atoms with Crippen molar-refractivity contribution in [1.82, 2.24) is 0 Å². The molecule has 0 aliphatic carbocycles. The number of ether oxygens (including phenoxy) is 4. The Labute approximate surface area is 642 Å². The molecule has 17 nitrogen and oxygen atoms in total. The van der Waals surface area contributed by atoms with Crippen LogP contribution in [0, 0.1) is 0 Å². The van der Waals surface area contributed by atoms with Crippen LogP contribution >= 0.6 is 15.6 Å². The summed E-state index contributed by atoms with van der Waals surface area (Å²) in [5.74, 6) is -2.41. The third kappa shape index (κ3) is 76.6. The van der Waals surface area contributed by atoms with E-state index in [0.29, 0.717) is 44.9 Å². The summed E-state index contributed by atoms with van der Waals surface area (Å²) in [6.45, 7) is 4.48. The average molecular weight is 1520 g/mol. The summed E-state index contributed by atoms with van der Waals surface area (Å²) < 4.78 is 68.4. The molecule has 0 aliphatic heterocycles. The highest BCUT2D eigenvalue weighted by atomic mass is 31.2. The number of rotatable bonds is 74. The van der Waals surface area contributed by atoms with Crippen LogP contribution in [0.1, 0.15) is 297 Å². The Morgan fingerprint density at radius 1 is 0.274 bits per heavy atom. The number of carbonyl (C=O) groups excluding carboxylic acids is 4. The minimum absolute atomic E-state index is 0.00426. The quantitative estimate of drug-likeness (QED) is 0.0169. The van der Waals surface area contributed by atoms with Gasteiger partial charge in [-0.1, -0.05) is 301 Å². The molecule has 19 heteroatoms. The van der Waals surface area contributed by atoms with Crippen molar-refractivity contribution in [3.8, 4) is 0 Å². The number of hydrogen-bond acceptors (Lipinski definition) is 15. The number of phosphoric ester groups is 2. The van der Waals surface area contributed by atoms with E-state index in [1.165, 1.54) is 89.9 Å². The van der Waals surface area contributed by atoms with E-state index in [1.54, 1.807) is 0 Å². The van der Waals surface area contributed by atoms with Crippen molar-refractivity contribution >= 4 is 39.5 Å². The third-order valence-electron chi connectivity index (χ3n) is 16.2. The highest BCUT2D eigenvalue weighted by Crippen LogP contribution is 2.45. The monoisotopic (exact) mass is 1520 g/mol. The maximum atomic E-state index is 13.1. The van der Waals surface area contributed by atoms with Crippen LogP contribution < -0.4 is 0 Å². The highest BCUT2D eigenvalue weighted by Gasteiger charge is 2.30. The number of aliphatic hydroxyl groups excluding tert-OH is 1. The predicted molar refractivity (Wildman–Crippen MR) is 436 cm³/mol. The van der Waals surface area contributed by atoms with E-state index in [1.807, 2.05) is 42.5 Å². The van der Waals surface area contributed by atoms with Crippen molar-refractivity contribution in [1.29, 1.82) is 0 Å². The van der Waals surface area contributed by atoms with Gasteiger partial charge in [0, 0.05) is 25.7 Å². The molecule has 0 aromatic heterocycles. The maximum Gasteiger partial charge on any atom is 0.472 e. The zero-order valence-electron chi connectivity index (χ0n) is 65.8. The van der Waals surface area contributed by atoms with E-state index in [-0.39, 0.29) is 25.7 Å². The highest BCUT2D eigenvalue weighted by molar-refractivity contribution is 7.47. The van der Waals surface area contributed by atoms with Crippen LogP contribution in [0.25, 0.3) is 0 Å². The summed E-state index contributed by atoms with van der Waals surface area (Å²) in [5.41, 5.74) is 0. The van der Waals surface area contributed by atoms with Gasteiger partial charge in [-0.2, -0.15) is 0 Å². The molecule has 0 amide bonds. The van der Waals surface area contributed by atoms with Crippen LogP contribution in [-0.4, -0.2) is 96.7 Å². The fourth-order valence-electron chi connectivity index (χ4n) is 10.1. The molecular weight excluding hydrogens is 1380 g/mol. The smallest absolute Gasteiger partial charge is 0.462 e. The normalized spacial score (nSPS) is 14.7. The van der Waals surface area contributed by atoms with Gasteiger partial charge >= 0.3 is 39.5 Å². The first-order valence-corrected chi connectivity index (χ1v) is 43.4. The van der Waals surface area contributed by atoms with Gasteiger partial charge < -0.3 is 33.8 Å². The number of aliphatic hydroxyl groups is 1. The van der Waals surface area contributed by atoms with Crippen LogP contribution in [0.5, 0.6) is 0 Å². The first-order valence-electron chi connectivity index (χ1n) is 40.4. The maximum absolute atomic E-state index is 13.1. The minimum atomic E-state index is -5.02. The summed E-state index contributed by atoms with van der Waals surface area (Å²) in [6, 6.07) is 0. The molecule has 0 aromatic rings. The largest absolute Gasteiger partial charge is 0.472 e. The van der Waals surface area contributed by atoms with E-state index in [9.17, 15) is 43.2 Å². The molecule has 2 unspecified atom stereocenters. The van der Waals surface area contributed by atoms with Crippen LogP contribution in [0.15, 0.2) is 170 Å². The summed E-state index contributed by atoms with van der Waals surface area (Å²) in [7, 11) is -10.0. The lowest BCUT2D eigenvalue weighted by Gasteiger charge is -2.21. The van der Waals surface area contributed by atoms with Crippen LogP contribution in [0.3, 0.4) is 0 Å². The first-order chi connectivity index (χ1) is 51.7. The van der Waals surface area contributed by atoms with Crippen LogP contribution in [0.4, 0.5) is 0 Å². The number of allylic oxidation sites excluding steroid dienone is 28. The Morgan fingerprint density at radius 3 is 0.840 bits per heavy atom. The summed E-state index contributed by atoms with van der Waals surface area (Å²) in [4.78, 5) is 73.0. The molecule has 5 atom stereocenters. The zero-order valence-corrected chi connectivity index (χ0v) is 67.6. The van der Waals surface area contributed by atoms with E-state index in [0.717, 1.165) is 109 Å². The lowest BCUT2D eigenvalue weighted by molar-refractivity contribution is -0.161. The lowest BCUT2D eigenvalue weighted by Crippen LogP contribution is -2.30. The Hall–Kier alpha value is -5.58. The molecule has 0 spiro atoms. The predicted octanol–water partition coefficient (Wildman–Crippen LogP) is 23.8. The molecule has 0 saturated carbocycles. The second-order valence-electron chi connectivity index (χ2n) is 26.3. The number of carbonyl (C=O) groups is 4.